The first-order valence-corrected chi connectivity index (χ1v) is 7.43. The van der Waals surface area contributed by atoms with Gasteiger partial charge in [-0.05, 0) is 24.3 Å². The van der Waals surface area contributed by atoms with Gasteiger partial charge in [-0.15, -0.1) is 0 Å². The van der Waals surface area contributed by atoms with E-state index in [2.05, 4.69) is 4.98 Å². The Morgan fingerprint density at radius 3 is 2.36 bits per heavy atom. The van der Waals surface area contributed by atoms with Gasteiger partial charge >= 0.3 is 12.1 Å². The van der Waals surface area contributed by atoms with Crippen molar-refractivity contribution in [1.29, 1.82) is 5.26 Å². The van der Waals surface area contributed by atoms with E-state index in [-0.39, 0.29) is 11.4 Å². The number of nitrogens with zero attached hydrogens (tertiary/aromatic N) is 2. The average Bonchev–Trinajstić information content (AvgIpc) is 3.15. The molecule has 2 aromatic heterocycles. The summed E-state index contributed by atoms with van der Waals surface area (Å²) in [4.78, 5) is 13.0. The number of carboxylic acids is 1. The highest BCUT2D eigenvalue weighted by Crippen LogP contribution is 2.32. The summed E-state index contributed by atoms with van der Waals surface area (Å²) < 4.78 is 50.7. The van der Waals surface area contributed by atoms with Crippen molar-refractivity contribution in [3.05, 3.63) is 60.3 Å². The van der Waals surface area contributed by atoms with Crippen molar-refractivity contribution in [2.24, 2.45) is 0 Å². The molecule has 0 saturated carbocycles. The lowest BCUT2D eigenvalue weighted by molar-refractivity contribution is -0.192. The van der Waals surface area contributed by atoms with Crippen LogP contribution in [0.3, 0.4) is 0 Å². The van der Waals surface area contributed by atoms with E-state index in [1.807, 2.05) is 6.07 Å². The number of nitriles is 1. The maximum absolute atomic E-state index is 13.9. The number of carbonyl (C=O) groups is 1. The number of halogens is 4. The standard InChI is InChI=1S/C16H10FN3O.C2HF3O2/c17-14-4-2-1-3-11(14)15-7-12(10-5-6-21-9-10)13(8-18)16(19)20-15;3-2(4,5)1(6)7/h1-7,9H,(H2,19,20);(H,6,7). The molecule has 0 aliphatic carbocycles. The first-order chi connectivity index (χ1) is 13.1. The topological polar surface area (TPSA) is 113 Å². The number of aromatic nitrogens is 1. The smallest absolute Gasteiger partial charge is 0.475 e. The second kappa shape index (κ2) is 8.22. The number of aliphatic carboxylic acids is 1. The molecule has 0 bridgehead atoms. The van der Waals surface area contributed by atoms with Crippen LogP contribution in [0.25, 0.3) is 22.4 Å². The van der Waals surface area contributed by atoms with E-state index < -0.39 is 18.0 Å². The van der Waals surface area contributed by atoms with Gasteiger partial charge in [0.25, 0.3) is 0 Å². The minimum absolute atomic E-state index is 0.0643. The van der Waals surface area contributed by atoms with Crippen LogP contribution in [-0.4, -0.2) is 22.2 Å². The van der Waals surface area contributed by atoms with Crippen molar-refractivity contribution < 1.29 is 31.9 Å². The third-order valence-corrected chi connectivity index (χ3v) is 3.38. The maximum Gasteiger partial charge on any atom is 0.490 e. The first kappa shape index (κ1) is 20.4. The van der Waals surface area contributed by atoms with Crippen molar-refractivity contribution in [2.75, 3.05) is 5.73 Å². The Morgan fingerprint density at radius 1 is 1.21 bits per heavy atom. The summed E-state index contributed by atoms with van der Waals surface area (Å²) in [5.74, 6) is -3.09. The Bertz CT molecular complexity index is 1030. The summed E-state index contributed by atoms with van der Waals surface area (Å²) in [6, 6.07) is 11.6. The predicted octanol–water partition coefficient (Wildman–Crippen LogP) is 4.23. The number of anilines is 1. The lowest BCUT2D eigenvalue weighted by atomic mass is 10.0. The van der Waals surface area contributed by atoms with E-state index in [0.29, 0.717) is 22.4 Å². The Balaban J connectivity index is 0.000000345. The van der Waals surface area contributed by atoms with Crippen LogP contribution in [0, 0.1) is 17.1 Å². The third-order valence-electron chi connectivity index (χ3n) is 3.38. The zero-order valence-corrected chi connectivity index (χ0v) is 13.9. The normalized spacial score (nSPS) is 10.5. The highest BCUT2D eigenvalue weighted by Gasteiger charge is 2.38. The van der Waals surface area contributed by atoms with Gasteiger partial charge in [0.15, 0.2) is 0 Å². The molecular weight excluding hydrogens is 382 g/mol. The third kappa shape index (κ3) is 4.64. The highest BCUT2D eigenvalue weighted by molar-refractivity contribution is 5.79. The molecule has 144 valence electrons. The monoisotopic (exact) mass is 393 g/mol. The number of hydrogen-bond donors (Lipinski definition) is 2. The zero-order chi connectivity index (χ0) is 20.9. The summed E-state index contributed by atoms with van der Waals surface area (Å²) in [5.41, 5.74) is 8.05. The van der Waals surface area contributed by atoms with Gasteiger partial charge in [0.05, 0.1) is 18.2 Å². The van der Waals surface area contributed by atoms with Gasteiger partial charge in [-0.25, -0.2) is 14.2 Å². The molecule has 0 aliphatic rings. The molecular formula is C18H11F4N3O3. The average molecular weight is 393 g/mol. The minimum atomic E-state index is -5.08. The van der Waals surface area contributed by atoms with Gasteiger partial charge in [0.1, 0.15) is 23.3 Å². The molecule has 0 saturated heterocycles. The molecule has 2 heterocycles. The second-order valence-electron chi connectivity index (χ2n) is 5.22. The van der Waals surface area contributed by atoms with Crippen LogP contribution >= 0.6 is 0 Å². The van der Waals surface area contributed by atoms with E-state index in [1.54, 1.807) is 30.3 Å². The van der Waals surface area contributed by atoms with Crippen molar-refractivity contribution in [3.8, 4) is 28.5 Å². The van der Waals surface area contributed by atoms with Crippen LogP contribution < -0.4 is 5.73 Å². The molecule has 1 aromatic carbocycles. The number of carboxylic acid groups (broad SMARTS) is 1. The summed E-state index contributed by atoms with van der Waals surface area (Å²) in [6.45, 7) is 0. The Morgan fingerprint density at radius 2 is 1.86 bits per heavy atom. The molecule has 3 aromatic rings. The predicted molar refractivity (Wildman–Crippen MR) is 90.2 cm³/mol. The fraction of sp³-hybridized carbons (Fsp3) is 0.0556. The summed E-state index contributed by atoms with van der Waals surface area (Å²) in [5, 5.41) is 16.4. The number of pyridine rings is 1. The van der Waals surface area contributed by atoms with Gasteiger partial charge in [0, 0.05) is 16.7 Å². The number of furan rings is 1. The van der Waals surface area contributed by atoms with Crippen LogP contribution in [0.1, 0.15) is 5.56 Å². The summed E-state index contributed by atoms with van der Waals surface area (Å²) in [6.07, 6.45) is -2.09. The van der Waals surface area contributed by atoms with Crippen LogP contribution in [0.4, 0.5) is 23.4 Å². The highest BCUT2D eigenvalue weighted by atomic mass is 19.4. The fourth-order valence-electron chi connectivity index (χ4n) is 2.13. The van der Waals surface area contributed by atoms with E-state index in [9.17, 15) is 22.8 Å². The second-order valence-corrected chi connectivity index (χ2v) is 5.22. The SMILES string of the molecule is N#Cc1c(-c2ccoc2)cc(-c2ccccc2F)nc1N.O=C(O)C(F)(F)F. The number of hydrogen-bond acceptors (Lipinski definition) is 5. The number of nitrogen functional groups attached to an aromatic ring is 1. The number of rotatable bonds is 2. The van der Waals surface area contributed by atoms with E-state index >= 15 is 0 Å². The van der Waals surface area contributed by atoms with Crippen molar-refractivity contribution >= 4 is 11.8 Å². The van der Waals surface area contributed by atoms with E-state index in [1.165, 1.54) is 18.6 Å². The molecule has 0 spiro atoms. The number of alkyl halides is 3. The summed E-state index contributed by atoms with van der Waals surface area (Å²) in [7, 11) is 0. The van der Waals surface area contributed by atoms with Crippen LogP contribution in [0.2, 0.25) is 0 Å². The van der Waals surface area contributed by atoms with Crippen molar-refractivity contribution in [3.63, 3.8) is 0 Å². The van der Waals surface area contributed by atoms with Gasteiger partial charge in [0.2, 0.25) is 0 Å². The van der Waals surface area contributed by atoms with Gasteiger partial charge in [-0.3, -0.25) is 0 Å². The molecule has 28 heavy (non-hydrogen) atoms. The molecule has 0 aliphatic heterocycles. The van der Waals surface area contributed by atoms with Crippen molar-refractivity contribution in [2.45, 2.75) is 6.18 Å². The van der Waals surface area contributed by atoms with Crippen LogP contribution in [0.5, 0.6) is 0 Å². The molecule has 0 unspecified atom stereocenters. The molecule has 0 amide bonds. The number of nitrogens with two attached hydrogens (primary N) is 1. The van der Waals surface area contributed by atoms with Gasteiger partial charge < -0.3 is 15.3 Å². The van der Waals surface area contributed by atoms with E-state index in [0.717, 1.165) is 0 Å². The van der Waals surface area contributed by atoms with Gasteiger partial charge in [-0.2, -0.15) is 18.4 Å². The maximum atomic E-state index is 13.9. The molecule has 3 rings (SSSR count). The van der Waals surface area contributed by atoms with Crippen LogP contribution in [0.15, 0.2) is 53.3 Å². The van der Waals surface area contributed by atoms with Gasteiger partial charge in [-0.1, -0.05) is 12.1 Å². The van der Waals surface area contributed by atoms with Crippen molar-refractivity contribution in [1.82, 2.24) is 4.98 Å². The summed E-state index contributed by atoms with van der Waals surface area (Å²) >= 11 is 0. The molecule has 0 radical (unpaired) electrons. The zero-order valence-electron chi connectivity index (χ0n) is 13.9. The Labute approximate surface area is 155 Å². The molecule has 0 fully saturated rings. The molecule has 6 nitrogen and oxygen atoms in total. The fourth-order valence-corrected chi connectivity index (χ4v) is 2.13. The van der Waals surface area contributed by atoms with E-state index in [4.69, 9.17) is 20.1 Å². The largest absolute Gasteiger partial charge is 0.490 e. The van der Waals surface area contributed by atoms with Crippen LogP contribution in [-0.2, 0) is 4.79 Å². The quantitative estimate of drug-likeness (QED) is 0.630. The Hall–Kier alpha value is -3.87. The molecule has 3 N–H and O–H groups in total. The lowest BCUT2D eigenvalue weighted by Crippen LogP contribution is -2.21. The molecule has 10 heteroatoms. The minimum Gasteiger partial charge on any atom is -0.475 e. The lowest BCUT2D eigenvalue weighted by Gasteiger charge is -2.09. The number of benzene rings is 1. The molecule has 0 atom stereocenters. The Kier molecular flexibility index (Phi) is 6.00. The first-order valence-electron chi connectivity index (χ1n) is 7.43.